The molecule has 0 radical (unpaired) electrons. The summed E-state index contributed by atoms with van der Waals surface area (Å²) in [5.41, 5.74) is 8.98. The topological polar surface area (TPSA) is 84.2 Å². The van der Waals surface area contributed by atoms with E-state index in [0.29, 0.717) is 11.4 Å². The molecule has 0 aliphatic heterocycles. The predicted octanol–water partition coefficient (Wildman–Crippen LogP) is 4.88. The van der Waals surface area contributed by atoms with Crippen molar-refractivity contribution in [2.75, 3.05) is 11.1 Å². The highest BCUT2D eigenvalue weighted by Crippen LogP contribution is 2.25. The number of hydrogen-bond acceptors (Lipinski definition) is 3. The summed E-state index contributed by atoms with van der Waals surface area (Å²) < 4.78 is 14.4. The van der Waals surface area contributed by atoms with Crippen LogP contribution in [0.4, 0.5) is 15.8 Å². The van der Waals surface area contributed by atoms with Gasteiger partial charge in [-0.1, -0.05) is 54.6 Å². The van der Waals surface area contributed by atoms with Gasteiger partial charge in [0.25, 0.3) is 5.91 Å². The zero-order chi connectivity index (χ0) is 23.2. The molecule has 0 bridgehead atoms. The Labute approximate surface area is 191 Å². The minimum Gasteiger partial charge on any atom is -0.397 e. The summed E-state index contributed by atoms with van der Waals surface area (Å²) in [7, 11) is 0. The van der Waals surface area contributed by atoms with E-state index in [2.05, 4.69) is 10.6 Å². The van der Waals surface area contributed by atoms with E-state index >= 15 is 0 Å². The third-order valence-electron chi connectivity index (χ3n) is 5.21. The van der Waals surface area contributed by atoms with Crippen LogP contribution in [0.5, 0.6) is 0 Å². The number of hydrogen-bond donors (Lipinski definition) is 3. The smallest absolute Gasteiger partial charge is 0.252 e. The van der Waals surface area contributed by atoms with Crippen molar-refractivity contribution in [1.29, 1.82) is 0 Å². The Hall–Kier alpha value is -4.19. The first kappa shape index (κ1) is 22.0. The molecule has 3 aromatic rings. The van der Waals surface area contributed by atoms with Crippen LogP contribution in [-0.4, -0.2) is 17.9 Å². The number of carbonyl (C=O) groups is 2. The maximum absolute atomic E-state index is 14.4. The lowest BCUT2D eigenvalue weighted by Gasteiger charge is -2.10. The minimum atomic E-state index is -0.445. The molecule has 0 unspecified atom stereocenters. The molecule has 1 saturated carbocycles. The number of carbonyl (C=O) groups excluding carboxylic acids is 2. The number of rotatable bonds is 7. The van der Waals surface area contributed by atoms with Gasteiger partial charge in [-0.3, -0.25) is 9.59 Å². The molecule has 33 heavy (non-hydrogen) atoms. The van der Waals surface area contributed by atoms with Crippen molar-refractivity contribution in [1.82, 2.24) is 5.32 Å². The van der Waals surface area contributed by atoms with Crippen LogP contribution < -0.4 is 16.4 Å². The second-order valence-corrected chi connectivity index (χ2v) is 7.86. The van der Waals surface area contributed by atoms with Gasteiger partial charge in [-0.15, -0.1) is 0 Å². The molecular weight excluding hydrogens is 417 g/mol. The largest absolute Gasteiger partial charge is 0.397 e. The van der Waals surface area contributed by atoms with Crippen LogP contribution in [0.1, 0.15) is 29.5 Å². The van der Waals surface area contributed by atoms with Crippen LogP contribution in [0.25, 0.3) is 17.7 Å². The highest BCUT2D eigenvalue weighted by Gasteiger charge is 2.26. The van der Waals surface area contributed by atoms with E-state index in [0.717, 1.165) is 24.0 Å². The first-order valence-corrected chi connectivity index (χ1v) is 10.7. The van der Waals surface area contributed by atoms with Crippen molar-refractivity contribution in [3.05, 3.63) is 101 Å². The van der Waals surface area contributed by atoms with Gasteiger partial charge in [-0.2, -0.15) is 0 Å². The Balaban J connectivity index is 1.50. The first-order chi connectivity index (χ1) is 16.0. The quantitative estimate of drug-likeness (QED) is 0.278. The summed E-state index contributed by atoms with van der Waals surface area (Å²) in [5, 5.41) is 5.66. The van der Waals surface area contributed by atoms with Gasteiger partial charge in [0.2, 0.25) is 5.91 Å². The van der Waals surface area contributed by atoms with Gasteiger partial charge in [0, 0.05) is 17.7 Å². The normalized spacial score (nSPS) is 13.7. The molecule has 6 heteroatoms. The van der Waals surface area contributed by atoms with E-state index in [1.807, 2.05) is 24.3 Å². The van der Waals surface area contributed by atoms with Crippen LogP contribution >= 0.6 is 0 Å². The molecule has 0 saturated heterocycles. The molecule has 4 N–H and O–H groups in total. The van der Waals surface area contributed by atoms with E-state index in [1.54, 1.807) is 54.6 Å². The third-order valence-corrected chi connectivity index (χ3v) is 5.21. The lowest BCUT2D eigenvalue weighted by Crippen LogP contribution is -2.26. The van der Waals surface area contributed by atoms with Crippen molar-refractivity contribution < 1.29 is 14.0 Å². The van der Waals surface area contributed by atoms with Crippen LogP contribution in [-0.2, 0) is 9.59 Å². The summed E-state index contributed by atoms with van der Waals surface area (Å²) in [6, 6.07) is 20.7. The van der Waals surface area contributed by atoms with Gasteiger partial charge in [-0.25, -0.2) is 4.39 Å². The molecule has 4 rings (SSSR count). The maximum Gasteiger partial charge on any atom is 0.252 e. The zero-order valence-corrected chi connectivity index (χ0v) is 17.9. The predicted molar refractivity (Wildman–Crippen MR) is 130 cm³/mol. The van der Waals surface area contributed by atoms with Crippen molar-refractivity contribution in [3.63, 3.8) is 0 Å². The molecule has 0 spiro atoms. The van der Waals surface area contributed by atoms with Crippen LogP contribution in [0.2, 0.25) is 0 Å². The molecule has 2 amide bonds. The van der Waals surface area contributed by atoms with Gasteiger partial charge in [-0.05, 0) is 54.3 Å². The average Bonchev–Trinajstić information content (AvgIpc) is 3.63. The SMILES string of the molecule is Nc1ccccc1NC(=O)/C=C/c1ccc(C=C(C(=O)NC2CC2)c2ccccc2F)cc1. The fourth-order valence-electron chi connectivity index (χ4n) is 3.26. The molecule has 0 aromatic heterocycles. The monoisotopic (exact) mass is 441 g/mol. The van der Waals surface area contributed by atoms with E-state index in [-0.39, 0.29) is 29.0 Å². The fourth-order valence-corrected chi connectivity index (χ4v) is 3.26. The van der Waals surface area contributed by atoms with Crippen LogP contribution in [0.3, 0.4) is 0 Å². The number of anilines is 2. The summed E-state index contributed by atoms with van der Waals surface area (Å²) in [6.45, 7) is 0. The highest BCUT2D eigenvalue weighted by molar-refractivity contribution is 6.24. The highest BCUT2D eigenvalue weighted by atomic mass is 19.1. The summed E-state index contributed by atoms with van der Waals surface area (Å²) in [4.78, 5) is 24.9. The molecule has 1 aliphatic carbocycles. The van der Waals surface area contributed by atoms with E-state index in [4.69, 9.17) is 5.73 Å². The van der Waals surface area contributed by atoms with Gasteiger partial charge >= 0.3 is 0 Å². The molecular formula is C27H24FN3O2. The third kappa shape index (κ3) is 5.95. The molecule has 5 nitrogen and oxygen atoms in total. The first-order valence-electron chi connectivity index (χ1n) is 10.7. The van der Waals surface area contributed by atoms with Crippen LogP contribution in [0.15, 0.2) is 78.9 Å². The van der Waals surface area contributed by atoms with Crippen molar-refractivity contribution in [3.8, 4) is 0 Å². The number of halogens is 1. The molecule has 3 aromatic carbocycles. The summed E-state index contributed by atoms with van der Waals surface area (Å²) in [5.74, 6) is -1.03. The van der Waals surface area contributed by atoms with E-state index in [9.17, 15) is 14.0 Å². The minimum absolute atomic E-state index is 0.164. The number of amides is 2. The lowest BCUT2D eigenvalue weighted by atomic mass is 10.0. The Morgan fingerprint density at radius 3 is 2.27 bits per heavy atom. The zero-order valence-electron chi connectivity index (χ0n) is 17.9. The second-order valence-electron chi connectivity index (χ2n) is 7.86. The average molecular weight is 442 g/mol. The molecule has 1 aliphatic rings. The Bertz CT molecular complexity index is 1230. The maximum atomic E-state index is 14.4. The van der Waals surface area contributed by atoms with E-state index < -0.39 is 5.82 Å². The second kappa shape index (κ2) is 9.96. The lowest BCUT2D eigenvalue weighted by molar-refractivity contribution is -0.115. The Morgan fingerprint density at radius 1 is 0.909 bits per heavy atom. The number of para-hydroxylation sites is 2. The van der Waals surface area contributed by atoms with Gasteiger partial charge < -0.3 is 16.4 Å². The number of benzene rings is 3. The van der Waals surface area contributed by atoms with Crippen LogP contribution in [0, 0.1) is 5.82 Å². The molecule has 166 valence electrons. The number of nitrogens with one attached hydrogen (secondary N) is 2. The molecule has 1 fully saturated rings. The van der Waals surface area contributed by atoms with Crippen molar-refractivity contribution >= 4 is 40.9 Å². The number of nitrogen functional groups attached to an aromatic ring is 1. The van der Waals surface area contributed by atoms with Gasteiger partial charge in [0.1, 0.15) is 5.82 Å². The Morgan fingerprint density at radius 2 is 1.58 bits per heavy atom. The Kier molecular flexibility index (Phi) is 6.64. The standard InChI is InChI=1S/C27H24FN3O2/c28-23-6-2-1-5-21(23)22(27(33)30-20-14-15-20)17-19-11-9-18(10-12-19)13-16-26(32)31-25-8-4-3-7-24(25)29/h1-13,16-17,20H,14-15,29H2,(H,30,33)(H,31,32)/b16-13+,22-17?. The number of nitrogens with two attached hydrogens (primary N) is 1. The molecule has 0 atom stereocenters. The summed E-state index contributed by atoms with van der Waals surface area (Å²) in [6.07, 6.45) is 6.67. The molecule has 0 heterocycles. The van der Waals surface area contributed by atoms with Crippen molar-refractivity contribution in [2.24, 2.45) is 0 Å². The fraction of sp³-hybridized carbons (Fsp3) is 0.111. The summed E-state index contributed by atoms with van der Waals surface area (Å²) >= 11 is 0. The van der Waals surface area contributed by atoms with Gasteiger partial charge in [0.15, 0.2) is 0 Å². The van der Waals surface area contributed by atoms with E-state index in [1.165, 1.54) is 12.1 Å². The van der Waals surface area contributed by atoms with Crippen molar-refractivity contribution in [2.45, 2.75) is 18.9 Å². The van der Waals surface area contributed by atoms with Gasteiger partial charge in [0.05, 0.1) is 16.9 Å².